The third-order valence-electron chi connectivity index (χ3n) is 2.12. The Morgan fingerprint density at radius 1 is 1.45 bits per heavy atom. The van der Waals surface area contributed by atoms with Gasteiger partial charge in [-0.2, -0.15) is 0 Å². The average molecular weight is 227 g/mol. The van der Waals surface area contributed by atoms with Gasteiger partial charge in [-0.25, -0.2) is 0 Å². The molecule has 0 aromatic rings. The molecule has 0 bridgehead atoms. The van der Waals surface area contributed by atoms with E-state index in [0.29, 0.717) is 0 Å². The van der Waals surface area contributed by atoms with Gasteiger partial charge in [0, 0.05) is 26.2 Å². The fraction of sp³-hybridized carbons (Fsp3) is 0.600. The van der Waals surface area contributed by atoms with E-state index < -0.39 is 0 Å². The number of hydrogen-bond donors (Lipinski definition) is 0. The molecule has 0 aliphatic heterocycles. The Morgan fingerprint density at radius 2 is 2.18 bits per heavy atom. The zero-order valence-corrected chi connectivity index (χ0v) is 9.94. The fourth-order valence-electron chi connectivity index (χ4n) is 1.35. The smallest absolute Gasteiger partial charge is 0 e. The zero-order valence-electron chi connectivity index (χ0n) is 7.48. The van der Waals surface area contributed by atoms with Crippen LogP contribution in [0.2, 0.25) is 0 Å². The summed E-state index contributed by atoms with van der Waals surface area (Å²) in [5.41, 5.74) is 3.16. The third kappa shape index (κ3) is 3.51. The molecular weight excluding hydrogens is 211 g/mol. The Hall–Kier alpha value is 0.363. The Bertz CT molecular complexity index is 166. The minimum absolute atomic E-state index is 0. The van der Waals surface area contributed by atoms with Gasteiger partial charge in [0.1, 0.15) is 0 Å². The van der Waals surface area contributed by atoms with Crippen LogP contribution in [0.3, 0.4) is 0 Å². The van der Waals surface area contributed by atoms with E-state index in [1.54, 1.807) is 5.57 Å². The topological polar surface area (TPSA) is 0 Å². The largest absolute Gasteiger partial charge is 0.0802 e. The van der Waals surface area contributed by atoms with Gasteiger partial charge in [-0.1, -0.05) is 36.6 Å². The van der Waals surface area contributed by atoms with E-state index >= 15 is 0 Å². The first kappa shape index (κ1) is 11.4. The van der Waals surface area contributed by atoms with Crippen molar-refractivity contribution in [1.29, 1.82) is 0 Å². The molecule has 1 aliphatic carbocycles. The van der Waals surface area contributed by atoms with E-state index in [9.17, 15) is 0 Å². The van der Waals surface area contributed by atoms with Crippen molar-refractivity contribution in [2.75, 3.05) is 0 Å². The van der Waals surface area contributed by atoms with Crippen LogP contribution in [0.15, 0.2) is 23.3 Å². The predicted molar refractivity (Wildman–Crippen MR) is 46.0 cm³/mol. The summed E-state index contributed by atoms with van der Waals surface area (Å²) in [4.78, 5) is 0. The zero-order chi connectivity index (χ0) is 7.40. The van der Waals surface area contributed by atoms with Crippen molar-refractivity contribution in [3.05, 3.63) is 23.3 Å². The Kier molecular flexibility index (Phi) is 6.14. The van der Waals surface area contributed by atoms with E-state index in [-0.39, 0.29) is 26.2 Å². The van der Waals surface area contributed by atoms with Crippen molar-refractivity contribution >= 4 is 0 Å². The van der Waals surface area contributed by atoms with Gasteiger partial charge in [0.05, 0.1) is 0 Å². The summed E-state index contributed by atoms with van der Waals surface area (Å²) in [5.74, 6) is 0. The molecule has 0 spiro atoms. The number of rotatable bonds is 3. The van der Waals surface area contributed by atoms with Gasteiger partial charge in [-0.3, -0.25) is 0 Å². The monoisotopic (exact) mass is 226 g/mol. The maximum atomic E-state index is 2.26. The molecule has 0 aromatic heterocycles. The van der Waals surface area contributed by atoms with Gasteiger partial charge in [0.25, 0.3) is 0 Å². The van der Waals surface area contributed by atoms with Gasteiger partial charge in [0.15, 0.2) is 0 Å². The van der Waals surface area contributed by atoms with E-state index in [1.807, 2.05) is 0 Å². The van der Waals surface area contributed by atoms with Gasteiger partial charge >= 0.3 is 0 Å². The van der Waals surface area contributed by atoms with Gasteiger partial charge in [0.2, 0.25) is 0 Å². The minimum Gasteiger partial charge on any atom is -0.0802 e. The summed E-state index contributed by atoms with van der Waals surface area (Å²) in [5, 5.41) is 0. The van der Waals surface area contributed by atoms with Gasteiger partial charge in [-0.15, -0.1) is 0 Å². The molecule has 0 fully saturated rings. The molecule has 0 amide bonds. The Labute approximate surface area is 88.9 Å². The molecular formula is C10H16Zr. The van der Waals surface area contributed by atoms with E-state index in [2.05, 4.69) is 26.0 Å². The van der Waals surface area contributed by atoms with Crippen molar-refractivity contribution < 1.29 is 26.2 Å². The number of unbranched alkanes of at least 4 members (excludes halogenated alkanes) is 1. The Balaban J connectivity index is 0.000001000. The molecule has 0 saturated carbocycles. The molecule has 0 radical (unpaired) electrons. The molecule has 0 aromatic carbocycles. The van der Waals surface area contributed by atoms with Crippen LogP contribution >= 0.6 is 0 Å². The second-order valence-corrected chi connectivity index (χ2v) is 3.00. The first-order chi connectivity index (χ1) is 4.84. The molecule has 0 saturated heterocycles. The van der Waals surface area contributed by atoms with Crippen molar-refractivity contribution in [2.24, 2.45) is 0 Å². The maximum absolute atomic E-state index is 2.26. The third-order valence-corrected chi connectivity index (χ3v) is 2.12. The second-order valence-electron chi connectivity index (χ2n) is 3.00. The van der Waals surface area contributed by atoms with Crippen LogP contribution in [-0.4, -0.2) is 0 Å². The van der Waals surface area contributed by atoms with Crippen LogP contribution in [0.4, 0.5) is 0 Å². The number of hydrogen-bond acceptors (Lipinski definition) is 0. The minimum atomic E-state index is 0. The molecule has 0 unspecified atom stereocenters. The van der Waals surface area contributed by atoms with Crippen LogP contribution in [0.25, 0.3) is 0 Å². The summed E-state index contributed by atoms with van der Waals surface area (Å²) in [6, 6.07) is 0. The van der Waals surface area contributed by atoms with Crippen LogP contribution in [0.1, 0.15) is 39.5 Å². The molecule has 1 heteroatoms. The molecule has 11 heavy (non-hydrogen) atoms. The maximum Gasteiger partial charge on any atom is 0 e. The molecule has 60 valence electrons. The van der Waals surface area contributed by atoms with E-state index in [1.165, 1.54) is 31.3 Å². The molecule has 0 atom stereocenters. The van der Waals surface area contributed by atoms with E-state index in [4.69, 9.17) is 0 Å². The molecule has 1 rings (SSSR count). The summed E-state index contributed by atoms with van der Waals surface area (Å²) in [6.45, 7) is 4.47. The first-order valence-corrected chi connectivity index (χ1v) is 4.19. The summed E-state index contributed by atoms with van der Waals surface area (Å²) in [7, 11) is 0. The molecule has 0 heterocycles. The molecule has 0 nitrogen and oxygen atoms in total. The first-order valence-electron chi connectivity index (χ1n) is 4.19. The normalized spacial score (nSPS) is 15.5. The Morgan fingerprint density at radius 3 is 2.64 bits per heavy atom. The molecule has 0 N–H and O–H groups in total. The quantitative estimate of drug-likeness (QED) is 0.693. The predicted octanol–water partition coefficient (Wildman–Crippen LogP) is 3.45. The van der Waals surface area contributed by atoms with Crippen molar-refractivity contribution in [3.8, 4) is 0 Å². The number of allylic oxidation sites excluding steroid dienone is 4. The van der Waals surface area contributed by atoms with Crippen molar-refractivity contribution in [3.63, 3.8) is 0 Å². The molecule has 1 aliphatic rings. The van der Waals surface area contributed by atoms with Gasteiger partial charge < -0.3 is 0 Å². The summed E-state index contributed by atoms with van der Waals surface area (Å²) >= 11 is 0. The summed E-state index contributed by atoms with van der Waals surface area (Å²) < 4.78 is 0. The van der Waals surface area contributed by atoms with E-state index in [0.717, 1.165) is 0 Å². The SMILES string of the molecule is CCCCC1=C(C)C=CC1.[Zr]. The van der Waals surface area contributed by atoms with Crippen LogP contribution < -0.4 is 0 Å². The fourth-order valence-corrected chi connectivity index (χ4v) is 1.35. The van der Waals surface area contributed by atoms with Crippen molar-refractivity contribution in [1.82, 2.24) is 0 Å². The average Bonchev–Trinajstić information content (AvgIpc) is 2.31. The van der Waals surface area contributed by atoms with Crippen LogP contribution in [0.5, 0.6) is 0 Å². The van der Waals surface area contributed by atoms with Crippen molar-refractivity contribution in [2.45, 2.75) is 39.5 Å². The van der Waals surface area contributed by atoms with Gasteiger partial charge in [-0.05, 0) is 26.2 Å². The van der Waals surface area contributed by atoms with Crippen LogP contribution in [0, 0.1) is 0 Å². The standard InChI is InChI=1S/C10H16.Zr/c1-3-4-7-10-8-5-6-9(10)2;/h5-6H,3-4,7-8H2,1-2H3;. The van der Waals surface area contributed by atoms with Crippen LogP contribution in [-0.2, 0) is 26.2 Å². The summed E-state index contributed by atoms with van der Waals surface area (Å²) in [6.07, 6.45) is 9.71. The second kappa shape index (κ2) is 5.94.